The second-order valence-electron chi connectivity index (χ2n) is 9.47. The van der Waals surface area contributed by atoms with E-state index in [4.69, 9.17) is 0 Å². The summed E-state index contributed by atoms with van der Waals surface area (Å²) in [5, 5.41) is 0. The molecule has 0 saturated carbocycles. The van der Waals surface area contributed by atoms with Crippen molar-refractivity contribution in [3.05, 3.63) is 0 Å². The largest absolute Gasteiger partial charge is 0.297 e. The molecule has 0 saturated heterocycles. The smallest absolute Gasteiger partial charge is 0.0154 e. The highest BCUT2D eigenvalue weighted by Gasteiger charge is 2.36. The molecule has 0 bridgehead atoms. The zero-order valence-corrected chi connectivity index (χ0v) is 18.2. The third-order valence-corrected chi connectivity index (χ3v) is 5.60. The van der Waals surface area contributed by atoms with Crippen LogP contribution in [0.3, 0.4) is 0 Å². The molecule has 0 aromatic carbocycles. The van der Waals surface area contributed by atoms with Crippen molar-refractivity contribution in [3.8, 4) is 0 Å². The zero-order chi connectivity index (χ0) is 18.3. The summed E-state index contributed by atoms with van der Waals surface area (Å²) >= 11 is 0. The summed E-state index contributed by atoms with van der Waals surface area (Å²) in [7, 11) is 0. The Morgan fingerprint density at radius 1 is 0.739 bits per heavy atom. The van der Waals surface area contributed by atoms with Crippen LogP contribution in [0.5, 0.6) is 0 Å². The summed E-state index contributed by atoms with van der Waals surface area (Å²) in [4.78, 5) is 2.81. The van der Waals surface area contributed by atoms with Crippen molar-refractivity contribution in [2.24, 2.45) is 35.5 Å². The lowest BCUT2D eigenvalue weighted by Gasteiger charge is -2.47. The first kappa shape index (κ1) is 23.0. The van der Waals surface area contributed by atoms with Crippen LogP contribution in [0.4, 0.5) is 0 Å². The first-order valence-corrected chi connectivity index (χ1v) is 10.3. The van der Waals surface area contributed by atoms with E-state index in [1.165, 1.54) is 19.4 Å². The monoisotopic (exact) mass is 325 g/mol. The Morgan fingerprint density at radius 3 is 1.57 bits per heavy atom. The van der Waals surface area contributed by atoms with Crippen molar-refractivity contribution in [1.29, 1.82) is 0 Å². The Bertz CT molecular complexity index is 292. The van der Waals surface area contributed by atoms with Crippen molar-refractivity contribution in [1.82, 2.24) is 4.90 Å². The fraction of sp³-hybridized carbons (Fsp3) is 1.00. The van der Waals surface area contributed by atoms with Crippen LogP contribution in [-0.2, 0) is 0 Å². The SMILES string of the molecule is CCC(C)CC(C)C(C(C)C)C(C(C)C)N(CC(C)C)C(C)C. The maximum Gasteiger partial charge on any atom is 0.0154 e. The van der Waals surface area contributed by atoms with Crippen LogP contribution < -0.4 is 0 Å². The molecule has 0 fully saturated rings. The number of rotatable bonds is 11. The highest BCUT2D eigenvalue weighted by Crippen LogP contribution is 2.36. The molecule has 4 unspecified atom stereocenters. The van der Waals surface area contributed by atoms with Gasteiger partial charge in [-0.15, -0.1) is 0 Å². The summed E-state index contributed by atoms with van der Waals surface area (Å²) in [6.45, 7) is 27.7. The number of hydrogen-bond donors (Lipinski definition) is 0. The molecule has 4 atom stereocenters. The minimum atomic E-state index is 0.627. The third kappa shape index (κ3) is 7.59. The Balaban J connectivity index is 5.52. The summed E-state index contributed by atoms with van der Waals surface area (Å²) in [6, 6.07) is 1.32. The molecule has 0 aliphatic carbocycles. The van der Waals surface area contributed by atoms with Gasteiger partial charge in [0.25, 0.3) is 0 Å². The second kappa shape index (κ2) is 10.7. The van der Waals surface area contributed by atoms with Crippen molar-refractivity contribution >= 4 is 0 Å². The molecule has 0 radical (unpaired) electrons. The van der Waals surface area contributed by atoms with Crippen LogP contribution in [0.15, 0.2) is 0 Å². The van der Waals surface area contributed by atoms with Crippen LogP contribution in [0.2, 0.25) is 0 Å². The molecule has 0 aromatic rings. The topological polar surface area (TPSA) is 3.24 Å². The van der Waals surface area contributed by atoms with Gasteiger partial charge in [-0.25, -0.2) is 0 Å². The molecule has 0 heterocycles. The van der Waals surface area contributed by atoms with Gasteiger partial charge in [-0.2, -0.15) is 0 Å². The fourth-order valence-corrected chi connectivity index (χ4v) is 4.49. The number of hydrogen-bond acceptors (Lipinski definition) is 1. The van der Waals surface area contributed by atoms with Gasteiger partial charge in [0.2, 0.25) is 0 Å². The van der Waals surface area contributed by atoms with E-state index in [-0.39, 0.29) is 0 Å². The normalized spacial score (nSPS) is 18.3. The molecule has 0 N–H and O–H groups in total. The second-order valence-corrected chi connectivity index (χ2v) is 9.47. The van der Waals surface area contributed by atoms with Crippen LogP contribution in [0.1, 0.15) is 89.0 Å². The highest BCUT2D eigenvalue weighted by molar-refractivity contribution is 4.89. The molecule has 0 aliphatic heterocycles. The molecule has 1 heteroatoms. The molecule has 23 heavy (non-hydrogen) atoms. The van der Waals surface area contributed by atoms with Crippen molar-refractivity contribution in [2.75, 3.05) is 6.54 Å². The summed E-state index contributed by atoms with van der Waals surface area (Å²) in [6.07, 6.45) is 2.68. The predicted molar refractivity (Wildman–Crippen MR) is 107 cm³/mol. The maximum absolute atomic E-state index is 2.81. The summed E-state index contributed by atoms with van der Waals surface area (Å²) in [5.41, 5.74) is 0. The molecular formula is C22H47N. The molecule has 0 aromatic heterocycles. The minimum Gasteiger partial charge on any atom is -0.297 e. The number of nitrogens with zero attached hydrogens (tertiary/aromatic N) is 1. The van der Waals surface area contributed by atoms with Gasteiger partial charge in [-0.05, 0) is 55.8 Å². The van der Waals surface area contributed by atoms with Crippen LogP contribution in [0, 0.1) is 35.5 Å². The molecule has 1 nitrogen and oxygen atoms in total. The molecule has 0 spiro atoms. The summed E-state index contributed by atoms with van der Waals surface area (Å²) < 4.78 is 0. The maximum atomic E-state index is 2.81. The van der Waals surface area contributed by atoms with Crippen molar-refractivity contribution < 1.29 is 0 Å². The average molecular weight is 326 g/mol. The van der Waals surface area contributed by atoms with E-state index in [1.54, 1.807) is 0 Å². The standard InChI is InChI=1S/C22H47N/c1-12-19(10)13-20(11)21(16(4)5)22(17(6)7)23(18(8)9)14-15(2)3/h15-22H,12-14H2,1-11H3. The van der Waals surface area contributed by atoms with Crippen LogP contribution >= 0.6 is 0 Å². The van der Waals surface area contributed by atoms with E-state index in [0.29, 0.717) is 18.0 Å². The van der Waals surface area contributed by atoms with Gasteiger partial charge < -0.3 is 0 Å². The lowest BCUT2D eigenvalue weighted by atomic mass is 9.71. The first-order chi connectivity index (χ1) is 10.5. The van der Waals surface area contributed by atoms with E-state index in [9.17, 15) is 0 Å². The predicted octanol–water partition coefficient (Wildman–Crippen LogP) is 6.72. The summed E-state index contributed by atoms with van der Waals surface area (Å²) in [5.74, 6) is 4.61. The molecule has 0 aliphatic rings. The van der Waals surface area contributed by atoms with Crippen molar-refractivity contribution in [3.63, 3.8) is 0 Å². The lowest BCUT2D eigenvalue weighted by Crippen LogP contribution is -2.52. The van der Waals surface area contributed by atoms with Gasteiger partial charge in [-0.1, -0.05) is 68.7 Å². The Kier molecular flexibility index (Phi) is 10.7. The zero-order valence-electron chi connectivity index (χ0n) is 18.2. The molecular weight excluding hydrogens is 278 g/mol. The molecule has 0 amide bonds. The Labute approximate surface area is 148 Å². The van der Waals surface area contributed by atoms with E-state index in [0.717, 1.165) is 29.6 Å². The van der Waals surface area contributed by atoms with E-state index >= 15 is 0 Å². The quantitative estimate of drug-likeness (QED) is 0.407. The molecule has 0 rings (SSSR count). The van der Waals surface area contributed by atoms with Gasteiger partial charge in [0, 0.05) is 18.6 Å². The van der Waals surface area contributed by atoms with E-state index in [2.05, 4.69) is 81.1 Å². The van der Waals surface area contributed by atoms with Gasteiger partial charge >= 0.3 is 0 Å². The van der Waals surface area contributed by atoms with Crippen molar-refractivity contribution in [2.45, 2.75) is 101 Å². The first-order valence-electron chi connectivity index (χ1n) is 10.3. The third-order valence-electron chi connectivity index (χ3n) is 5.60. The van der Waals surface area contributed by atoms with E-state index in [1.807, 2.05) is 0 Å². The Hall–Kier alpha value is -0.0400. The van der Waals surface area contributed by atoms with Crippen LogP contribution in [-0.4, -0.2) is 23.5 Å². The average Bonchev–Trinajstić information content (AvgIpc) is 2.40. The van der Waals surface area contributed by atoms with Gasteiger partial charge in [-0.3, -0.25) is 4.90 Å². The van der Waals surface area contributed by atoms with Gasteiger partial charge in [0.15, 0.2) is 0 Å². The minimum absolute atomic E-state index is 0.627. The fourth-order valence-electron chi connectivity index (χ4n) is 4.49. The Morgan fingerprint density at radius 2 is 1.26 bits per heavy atom. The lowest BCUT2D eigenvalue weighted by molar-refractivity contribution is 0.0158. The van der Waals surface area contributed by atoms with Crippen LogP contribution in [0.25, 0.3) is 0 Å². The van der Waals surface area contributed by atoms with Gasteiger partial charge in [0.05, 0.1) is 0 Å². The van der Waals surface area contributed by atoms with E-state index < -0.39 is 0 Å². The highest BCUT2D eigenvalue weighted by atomic mass is 15.2. The molecule has 140 valence electrons. The van der Waals surface area contributed by atoms with Gasteiger partial charge in [0.1, 0.15) is 0 Å².